The maximum Gasteiger partial charge on any atom is 0.320 e. The normalized spacial score (nSPS) is 26.7. The maximum atomic E-state index is 12.7. The van der Waals surface area contributed by atoms with Crippen molar-refractivity contribution in [3.8, 4) is 0 Å². The van der Waals surface area contributed by atoms with Gasteiger partial charge in [-0.3, -0.25) is 4.79 Å². The molecule has 2 fully saturated rings. The number of amides is 2. The largest absolute Gasteiger partial charge is 0.481 e. The Kier molecular flexibility index (Phi) is 4.25. The lowest BCUT2D eigenvalue weighted by atomic mass is 9.82. The number of hydrogen-bond donors (Lipinski definition) is 1. The molecule has 1 atom stereocenters. The first kappa shape index (κ1) is 15.1. The summed E-state index contributed by atoms with van der Waals surface area (Å²) in [6, 6.07) is 0.413. The van der Waals surface area contributed by atoms with Crippen molar-refractivity contribution in [2.45, 2.75) is 52.5 Å². The predicted octanol–water partition coefficient (Wildman–Crippen LogP) is 2.41. The van der Waals surface area contributed by atoms with E-state index in [9.17, 15) is 14.7 Å². The minimum atomic E-state index is -0.795. The second kappa shape index (κ2) is 5.62. The number of piperidine rings is 1. The molecule has 1 heterocycles. The molecule has 1 aliphatic heterocycles. The summed E-state index contributed by atoms with van der Waals surface area (Å²) in [6.45, 7) is 7.76. The van der Waals surface area contributed by atoms with Gasteiger partial charge in [0.15, 0.2) is 0 Å². The number of carboxylic acid groups (broad SMARTS) is 1. The van der Waals surface area contributed by atoms with Gasteiger partial charge in [-0.1, -0.05) is 13.8 Å². The van der Waals surface area contributed by atoms with Crippen molar-refractivity contribution in [1.82, 2.24) is 9.80 Å². The summed E-state index contributed by atoms with van der Waals surface area (Å²) in [4.78, 5) is 27.8. The van der Waals surface area contributed by atoms with Crippen LogP contribution in [0.15, 0.2) is 0 Å². The quantitative estimate of drug-likeness (QED) is 0.861. The Morgan fingerprint density at radius 3 is 2.55 bits per heavy atom. The van der Waals surface area contributed by atoms with Gasteiger partial charge >= 0.3 is 12.0 Å². The SMILES string of the molecule is CC(C)CN(C(=O)N1CCCC(C)(C(=O)O)C1)C1CC1. The number of aliphatic carboxylic acids is 1. The maximum absolute atomic E-state index is 12.7. The van der Waals surface area contributed by atoms with E-state index in [1.807, 2.05) is 4.90 Å². The minimum Gasteiger partial charge on any atom is -0.481 e. The van der Waals surface area contributed by atoms with Crippen molar-refractivity contribution >= 4 is 12.0 Å². The Labute approximate surface area is 120 Å². The van der Waals surface area contributed by atoms with Gasteiger partial charge in [0.2, 0.25) is 0 Å². The molecule has 2 rings (SSSR count). The standard InChI is InChI=1S/C15H26N2O3/c1-11(2)9-17(12-5-6-12)14(20)16-8-4-7-15(3,10-16)13(18)19/h11-12H,4-10H2,1-3H3,(H,18,19). The zero-order chi connectivity index (χ0) is 14.9. The number of carbonyl (C=O) groups excluding carboxylic acids is 1. The van der Waals surface area contributed by atoms with Crippen molar-refractivity contribution in [2.24, 2.45) is 11.3 Å². The number of urea groups is 1. The third kappa shape index (κ3) is 3.25. The third-order valence-electron chi connectivity index (χ3n) is 4.28. The summed E-state index contributed by atoms with van der Waals surface area (Å²) in [7, 11) is 0. The van der Waals surface area contributed by atoms with Crippen LogP contribution in [-0.4, -0.2) is 52.6 Å². The lowest BCUT2D eigenvalue weighted by Crippen LogP contribution is -2.53. The van der Waals surface area contributed by atoms with Crippen molar-refractivity contribution < 1.29 is 14.7 Å². The van der Waals surface area contributed by atoms with E-state index < -0.39 is 11.4 Å². The van der Waals surface area contributed by atoms with Crippen LogP contribution in [0.5, 0.6) is 0 Å². The fourth-order valence-electron chi connectivity index (χ4n) is 2.92. The van der Waals surface area contributed by atoms with Gasteiger partial charge in [0.05, 0.1) is 5.41 Å². The van der Waals surface area contributed by atoms with Crippen LogP contribution in [0, 0.1) is 11.3 Å². The average Bonchev–Trinajstić information content (AvgIpc) is 3.19. The van der Waals surface area contributed by atoms with Crippen LogP contribution >= 0.6 is 0 Å². The highest BCUT2D eigenvalue weighted by Crippen LogP contribution is 2.33. The Morgan fingerprint density at radius 2 is 2.05 bits per heavy atom. The molecule has 0 spiro atoms. The first-order valence-electron chi connectivity index (χ1n) is 7.62. The highest BCUT2D eigenvalue weighted by Gasteiger charge is 2.42. The van der Waals surface area contributed by atoms with Crippen LogP contribution in [0.25, 0.3) is 0 Å². The minimum absolute atomic E-state index is 0.0355. The highest BCUT2D eigenvalue weighted by atomic mass is 16.4. The molecule has 20 heavy (non-hydrogen) atoms. The molecule has 0 aromatic rings. The molecule has 0 bridgehead atoms. The molecule has 1 unspecified atom stereocenters. The molecule has 0 aromatic heterocycles. The molecule has 5 heteroatoms. The molecular weight excluding hydrogens is 256 g/mol. The monoisotopic (exact) mass is 282 g/mol. The van der Waals surface area contributed by atoms with E-state index in [1.54, 1.807) is 11.8 Å². The van der Waals surface area contributed by atoms with Gasteiger partial charge in [-0.25, -0.2) is 4.79 Å². The number of carboxylic acids is 1. The van der Waals surface area contributed by atoms with Gasteiger partial charge in [0, 0.05) is 25.7 Å². The zero-order valence-corrected chi connectivity index (χ0v) is 12.8. The second-order valence-electron chi connectivity index (χ2n) is 6.95. The fraction of sp³-hybridized carbons (Fsp3) is 0.867. The van der Waals surface area contributed by atoms with Gasteiger partial charge in [-0.2, -0.15) is 0 Å². The van der Waals surface area contributed by atoms with Gasteiger partial charge < -0.3 is 14.9 Å². The number of hydrogen-bond acceptors (Lipinski definition) is 2. The van der Waals surface area contributed by atoms with E-state index in [2.05, 4.69) is 13.8 Å². The molecule has 2 aliphatic rings. The van der Waals surface area contributed by atoms with Crippen molar-refractivity contribution in [3.05, 3.63) is 0 Å². The summed E-state index contributed by atoms with van der Waals surface area (Å²) in [6.07, 6.45) is 3.60. The van der Waals surface area contributed by atoms with Crippen LogP contribution in [0.3, 0.4) is 0 Å². The molecule has 1 N–H and O–H groups in total. The molecule has 1 aliphatic carbocycles. The molecule has 1 saturated heterocycles. The summed E-state index contributed by atoms with van der Waals surface area (Å²) in [5.41, 5.74) is -0.791. The first-order valence-corrected chi connectivity index (χ1v) is 7.62. The number of likely N-dealkylation sites (tertiary alicyclic amines) is 1. The van der Waals surface area contributed by atoms with Crippen LogP contribution in [-0.2, 0) is 4.79 Å². The zero-order valence-electron chi connectivity index (χ0n) is 12.8. The molecular formula is C15H26N2O3. The second-order valence-corrected chi connectivity index (χ2v) is 6.95. The van der Waals surface area contributed by atoms with Crippen molar-refractivity contribution in [2.75, 3.05) is 19.6 Å². The van der Waals surface area contributed by atoms with Gasteiger partial charge in [0.1, 0.15) is 0 Å². The summed E-state index contributed by atoms with van der Waals surface area (Å²) < 4.78 is 0. The smallest absolute Gasteiger partial charge is 0.320 e. The summed E-state index contributed by atoms with van der Waals surface area (Å²) in [5.74, 6) is -0.355. The molecule has 5 nitrogen and oxygen atoms in total. The van der Waals surface area contributed by atoms with Crippen LogP contribution in [0.1, 0.15) is 46.5 Å². The Morgan fingerprint density at radius 1 is 1.40 bits per heavy atom. The fourth-order valence-corrected chi connectivity index (χ4v) is 2.92. The van der Waals surface area contributed by atoms with Crippen LogP contribution in [0.4, 0.5) is 4.79 Å². The van der Waals surface area contributed by atoms with Crippen molar-refractivity contribution in [1.29, 1.82) is 0 Å². The molecule has 2 amide bonds. The average molecular weight is 282 g/mol. The van der Waals surface area contributed by atoms with E-state index in [1.165, 1.54) is 0 Å². The molecule has 114 valence electrons. The van der Waals surface area contributed by atoms with Gasteiger partial charge in [-0.15, -0.1) is 0 Å². The van der Waals surface area contributed by atoms with Gasteiger partial charge in [-0.05, 0) is 38.5 Å². The van der Waals surface area contributed by atoms with Crippen LogP contribution in [0.2, 0.25) is 0 Å². The Hall–Kier alpha value is -1.26. The Balaban J connectivity index is 2.05. The summed E-state index contributed by atoms with van der Waals surface area (Å²) >= 11 is 0. The van der Waals surface area contributed by atoms with E-state index >= 15 is 0 Å². The lowest BCUT2D eigenvalue weighted by Gasteiger charge is -2.40. The topological polar surface area (TPSA) is 60.9 Å². The number of nitrogens with zero attached hydrogens (tertiary/aromatic N) is 2. The van der Waals surface area contributed by atoms with E-state index in [0.717, 1.165) is 25.8 Å². The lowest BCUT2D eigenvalue weighted by molar-refractivity contribution is -0.150. The molecule has 0 radical (unpaired) electrons. The molecule has 1 saturated carbocycles. The van der Waals surface area contributed by atoms with E-state index in [-0.39, 0.29) is 6.03 Å². The number of rotatable bonds is 4. The predicted molar refractivity (Wildman–Crippen MR) is 76.5 cm³/mol. The van der Waals surface area contributed by atoms with E-state index in [0.29, 0.717) is 31.5 Å². The third-order valence-corrected chi connectivity index (χ3v) is 4.28. The molecule has 0 aromatic carbocycles. The number of carbonyl (C=O) groups is 2. The van der Waals surface area contributed by atoms with E-state index in [4.69, 9.17) is 0 Å². The Bertz CT molecular complexity index is 393. The van der Waals surface area contributed by atoms with Gasteiger partial charge in [0.25, 0.3) is 0 Å². The van der Waals surface area contributed by atoms with Crippen molar-refractivity contribution in [3.63, 3.8) is 0 Å². The highest BCUT2D eigenvalue weighted by molar-refractivity contribution is 5.79. The first-order chi connectivity index (χ1) is 9.33. The summed E-state index contributed by atoms with van der Waals surface area (Å²) in [5, 5.41) is 9.35. The van der Waals surface area contributed by atoms with Crippen LogP contribution < -0.4 is 0 Å².